The molecular formula is C20H22N2O2. The summed E-state index contributed by atoms with van der Waals surface area (Å²) in [5, 5.41) is 9.09. The molecule has 0 radical (unpaired) electrons. The van der Waals surface area contributed by atoms with Crippen molar-refractivity contribution < 1.29 is 9.90 Å². The molecule has 0 bridgehead atoms. The molecular weight excluding hydrogens is 300 g/mol. The van der Waals surface area contributed by atoms with E-state index in [1.54, 1.807) is 12.3 Å². The lowest BCUT2D eigenvalue weighted by Gasteiger charge is -2.23. The third kappa shape index (κ3) is 3.06. The van der Waals surface area contributed by atoms with Gasteiger partial charge in [-0.05, 0) is 60.9 Å². The van der Waals surface area contributed by atoms with E-state index in [0.717, 1.165) is 25.1 Å². The zero-order valence-corrected chi connectivity index (χ0v) is 13.7. The fourth-order valence-electron chi connectivity index (χ4n) is 4.20. The van der Waals surface area contributed by atoms with Gasteiger partial charge in [0.05, 0.1) is 5.56 Å². The Morgan fingerprint density at radius 1 is 1.21 bits per heavy atom. The summed E-state index contributed by atoms with van der Waals surface area (Å²) in [5.74, 6) is -0.305. The van der Waals surface area contributed by atoms with Crippen LogP contribution >= 0.6 is 0 Å². The van der Waals surface area contributed by atoms with Gasteiger partial charge in [0, 0.05) is 25.0 Å². The van der Waals surface area contributed by atoms with Crippen molar-refractivity contribution in [2.75, 3.05) is 13.1 Å². The molecule has 124 valence electrons. The summed E-state index contributed by atoms with van der Waals surface area (Å²) in [6.45, 7) is 2.26. The van der Waals surface area contributed by atoms with Gasteiger partial charge in [-0.25, -0.2) is 4.79 Å². The second kappa shape index (κ2) is 6.36. The van der Waals surface area contributed by atoms with Crippen LogP contribution in [-0.4, -0.2) is 40.1 Å². The molecule has 1 atom stereocenters. The lowest BCUT2D eigenvalue weighted by molar-refractivity contribution is 0.0696. The van der Waals surface area contributed by atoms with Crippen LogP contribution < -0.4 is 0 Å². The minimum absolute atomic E-state index is 0.286. The molecule has 0 spiro atoms. The number of hydrogen-bond acceptors (Lipinski definition) is 3. The van der Waals surface area contributed by atoms with E-state index in [0.29, 0.717) is 12.0 Å². The molecule has 1 N–H and O–H groups in total. The number of aromatic carboxylic acids is 1. The first-order valence-corrected chi connectivity index (χ1v) is 8.67. The van der Waals surface area contributed by atoms with Gasteiger partial charge in [-0.3, -0.25) is 9.88 Å². The number of hydrogen-bond donors (Lipinski definition) is 1. The molecule has 4 rings (SSSR count). The van der Waals surface area contributed by atoms with E-state index < -0.39 is 5.97 Å². The highest BCUT2D eigenvalue weighted by Crippen LogP contribution is 2.30. The summed E-state index contributed by atoms with van der Waals surface area (Å²) in [6, 6.07) is 11.2. The highest BCUT2D eigenvalue weighted by molar-refractivity contribution is 5.87. The summed E-state index contributed by atoms with van der Waals surface area (Å²) >= 11 is 0. The Bertz CT molecular complexity index is 734. The molecule has 2 aliphatic rings. The van der Waals surface area contributed by atoms with Gasteiger partial charge in [0.25, 0.3) is 0 Å². The predicted octanol–water partition coefficient (Wildman–Crippen LogP) is 2.81. The van der Waals surface area contributed by atoms with Crippen molar-refractivity contribution >= 4 is 5.97 Å². The smallest absolute Gasteiger partial charge is 0.337 e. The largest absolute Gasteiger partial charge is 0.478 e. The number of rotatable bonds is 4. The maximum absolute atomic E-state index is 11.1. The van der Waals surface area contributed by atoms with Gasteiger partial charge in [-0.1, -0.05) is 24.3 Å². The highest BCUT2D eigenvalue weighted by Gasteiger charge is 2.32. The van der Waals surface area contributed by atoms with Gasteiger partial charge >= 0.3 is 5.97 Å². The van der Waals surface area contributed by atoms with Crippen molar-refractivity contribution in [1.82, 2.24) is 9.88 Å². The average Bonchev–Trinajstić information content (AvgIpc) is 3.21. The van der Waals surface area contributed by atoms with E-state index in [2.05, 4.69) is 34.1 Å². The standard InChI is InChI=1S/C20H22N2O2/c23-20(24)18-8-15(11-21-12-18)7-14-5-6-22(13-14)19-9-16-3-1-2-4-17(16)10-19/h1-4,8,11-12,14,19H,5-7,9-10,13H2,(H,23,24). The molecule has 1 saturated heterocycles. The van der Waals surface area contributed by atoms with Gasteiger partial charge in [-0.15, -0.1) is 0 Å². The van der Waals surface area contributed by atoms with E-state index in [4.69, 9.17) is 5.11 Å². The lowest BCUT2D eigenvalue weighted by atomic mass is 9.99. The molecule has 0 amide bonds. The molecule has 2 heterocycles. The molecule has 1 aliphatic heterocycles. The Labute approximate surface area is 142 Å². The van der Waals surface area contributed by atoms with Crippen LogP contribution in [0.1, 0.15) is 33.5 Å². The fourth-order valence-corrected chi connectivity index (χ4v) is 4.20. The monoisotopic (exact) mass is 322 g/mol. The van der Waals surface area contributed by atoms with Crippen molar-refractivity contribution in [1.29, 1.82) is 0 Å². The number of carboxylic acid groups (broad SMARTS) is 1. The summed E-state index contributed by atoms with van der Waals surface area (Å²) < 4.78 is 0. The number of pyridine rings is 1. The first-order chi connectivity index (χ1) is 11.7. The Balaban J connectivity index is 1.37. The highest BCUT2D eigenvalue weighted by atomic mass is 16.4. The number of fused-ring (bicyclic) bond motifs is 1. The Morgan fingerprint density at radius 2 is 1.96 bits per heavy atom. The van der Waals surface area contributed by atoms with Crippen molar-refractivity contribution in [3.63, 3.8) is 0 Å². The fraction of sp³-hybridized carbons (Fsp3) is 0.400. The van der Waals surface area contributed by atoms with Crippen molar-refractivity contribution in [2.45, 2.75) is 31.7 Å². The number of aromatic nitrogens is 1. The van der Waals surface area contributed by atoms with Crippen LogP contribution in [-0.2, 0) is 19.3 Å². The van der Waals surface area contributed by atoms with Gasteiger partial charge in [0.1, 0.15) is 0 Å². The summed E-state index contributed by atoms with van der Waals surface area (Å²) in [7, 11) is 0. The third-order valence-corrected chi connectivity index (χ3v) is 5.43. The predicted molar refractivity (Wildman–Crippen MR) is 92.2 cm³/mol. The first kappa shape index (κ1) is 15.3. The lowest BCUT2D eigenvalue weighted by Crippen LogP contribution is -2.34. The number of benzene rings is 1. The van der Waals surface area contributed by atoms with Crippen LogP contribution in [0, 0.1) is 5.92 Å². The van der Waals surface area contributed by atoms with Gasteiger partial charge in [-0.2, -0.15) is 0 Å². The van der Waals surface area contributed by atoms with E-state index in [-0.39, 0.29) is 5.56 Å². The molecule has 4 nitrogen and oxygen atoms in total. The van der Waals surface area contributed by atoms with Crippen LogP contribution in [0.5, 0.6) is 0 Å². The number of carboxylic acids is 1. The molecule has 1 unspecified atom stereocenters. The minimum atomic E-state index is -0.902. The van der Waals surface area contributed by atoms with Crippen LogP contribution in [0.15, 0.2) is 42.7 Å². The van der Waals surface area contributed by atoms with E-state index in [1.807, 2.05) is 0 Å². The maximum Gasteiger partial charge on any atom is 0.337 e. The van der Waals surface area contributed by atoms with Gasteiger partial charge in [0.2, 0.25) is 0 Å². The van der Waals surface area contributed by atoms with Crippen LogP contribution in [0.2, 0.25) is 0 Å². The number of nitrogens with zero attached hydrogens (tertiary/aromatic N) is 2. The molecule has 1 aromatic heterocycles. The van der Waals surface area contributed by atoms with E-state index in [9.17, 15) is 4.79 Å². The average molecular weight is 322 g/mol. The molecule has 4 heteroatoms. The third-order valence-electron chi connectivity index (χ3n) is 5.43. The normalized spacial score (nSPS) is 21.1. The van der Waals surface area contributed by atoms with Crippen molar-refractivity contribution in [3.05, 3.63) is 65.0 Å². The van der Waals surface area contributed by atoms with Crippen molar-refractivity contribution in [3.8, 4) is 0 Å². The van der Waals surface area contributed by atoms with Gasteiger partial charge < -0.3 is 5.11 Å². The quantitative estimate of drug-likeness (QED) is 0.940. The number of likely N-dealkylation sites (tertiary alicyclic amines) is 1. The SMILES string of the molecule is O=C(O)c1cncc(CC2CCN(C3Cc4ccccc4C3)C2)c1. The first-order valence-electron chi connectivity index (χ1n) is 8.67. The second-order valence-electron chi connectivity index (χ2n) is 7.07. The summed E-state index contributed by atoms with van der Waals surface area (Å²) in [4.78, 5) is 17.8. The van der Waals surface area contributed by atoms with E-state index in [1.165, 1.54) is 36.6 Å². The van der Waals surface area contributed by atoms with Crippen LogP contribution in [0.4, 0.5) is 0 Å². The second-order valence-corrected chi connectivity index (χ2v) is 7.07. The van der Waals surface area contributed by atoms with Crippen LogP contribution in [0.25, 0.3) is 0 Å². The topological polar surface area (TPSA) is 53.4 Å². The maximum atomic E-state index is 11.1. The molecule has 24 heavy (non-hydrogen) atoms. The Morgan fingerprint density at radius 3 is 2.67 bits per heavy atom. The van der Waals surface area contributed by atoms with Gasteiger partial charge in [0.15, 0.2) is 0 Å². The molecule has 1 aliphatic carbocycles. The Hall–Kier alpha value is -2.20. The Kier molecular flexibility index (Phi) is 4.07. The zero-order valence-electron chi connectivity index (χ0n) is 13.7. The molecule has 0 saturated carbocycles. The van der Waals surface area contributed by atoms with Crippen LogP contribution in [0.3, 0.4) is 0 Å². The summed E-state index contributed by atoms with van der Waals surface area (Å²) in [5.41, 5.74) is 4.33. The molecule has 1 fully saturated rings. The molecule has 1 aromatic carbocycles. The van der Waals surface area contributed by atoms with Crippen molar-refractivity contribution in [2.24, 2.45) is 5.92 Å². The minimum Gasteiger partial charge on any atom is -0.478 e. The van der Waals surface area contributed by atoms with E-state index >= 15 is 0 Å². The number of carbonyl (C=O) groups is 1. The summed E-state index contributed by atoms with van der Waals surface area (Å²) in [6.07, 6.45) is 7.66. The molecule has 2 aromatic rings. The zero-order chi connectivity index (χ0) is 16.5.